The number of amides is 1. The van der Waals surface area contributed by atoms with Crippen LogP contribution in [-0.2, 0) is 19.0 Å². The molecule has 0 spiro atoms. The van der Waals surface area contributed by atoms with Gasteiger partial charge in [-0.25, -0.2) is 5.84 Å². The van der Waals surface area contributed by atoms with Gasteiger partial charge in [-0.1, -0.05) is 0 Å². The number of hydrazine groups is 1. The van der Waals surface area contributed by atoms with Crippen LogP contribution in [0.1, 0.15) is 19.3 Å². The molecule has 12 N–H and O–H groups in total. The Morgan fingerprint density at radius 2 is 1.15 bits per heavy atom. The Hall–Kier alpha value is -1.59. The quantitative estimate of drug-likeness (QED) is 0.0507. The number of carbonyl (C=O) groups excluding carboxylic acids is 1. The Balaban J connectivity index is 5.71. The molecule has 0 aromatic rings. The molecule has 0 bridgehead atoms. The van der Waals surface area contributed by atoms with Crippen LogP contribution in [0.25, 0.3) is 0 Å². The largest absolute Gasteiger partial charge is 0.401 e. The molecule has 0 rings (SSSR count). The first-order valence-corrected chi connectivity index (χ1v) is 10.9. The van der Waals surface area contributed by atoms with E-state index in [1.54, 1.807) is 0 Å². The lowest BCUT2D eigenvalue weighted by Crippen LogP contribution is -2.50. The first-order chi connectivity index (χ1) is 16.2. The van der Waals surface area contributed by atoms with Crippen LogP contribution in [0, 0.1) is 5.41 Å². The van der Waals surface area contributed by atoms with Crippen molar-refractivity contribution < 1.29 is 49.6 Å². The maximum absolute atomic E-state index is 10.9. The summed E-state index contributed by atoms with van der Waals surface area (Å²) in [5.41, 5.74) is 10.3. The van der Waals surface area contributed by atoms with Crippen molar-refractivity contribution in [2.24, 2.45) is 22.7 Å². The summed E-state index contributed by atoms with van der Waals surface area (Å²) in [6.45, 7) is -3.24. The molecule has 0 aromatic carbocycles. The average molecular weight is 499 g/mol. The molecule has 0 heterocycles. The second-order valence-corrected chi connectivity index (χ2v) is 8.09. The second-order valence-electron chi connectivity index (χ2n) is 8.09. The third-order valence-electron chi connectivity index (χ3n) is 4.84. The summed E-state index contributed by atoms with van der Waals surface area (Å²) in [5.74, 6) is 5.68. The molecule has 1 amide bonds. The Morgan fingerprint density at radius 1 is 0.765 bits per heavy atom. The van der Waals surface area contributed by atoms with Gasteiger partial charge in [0.25, 0.3) is 0 Å². The number of hydrogen-bond donors (Lipinski definition) is 9. The molecule has 0 unspecified atom stereocenters. The first kappa shape index (κ1) is 32.4. The minimum absolute atomic E-state index is 0.0136. The number of aliphatic hydroxyl groups is 6. The fourth-order valence-corrected chi connectivity index (χ4v) is 2.81. The molecule has 0 saturated carbocycles. The molecule has 202 valence electrons. The van der Waals surface area contributed by atoms with E-state index in [1.807, 2.05) is 0 Å². The maximum atomic E-state index is 10.9. The highest BCUT2D eigenvalue weighted by molar-refractivity contribution is 5.73. The highest BCUT2D eigenvalue weighted by atomic mass is 16.5. The van der Waals surface area contributed by atoms with Crippen molar-refractivity contribution in [1.82, 2.24) is 5.01 Å². The summed E-state index contributed by atoms with van der Waals surface area (Å²) >= 11 is 0. The molecule has 0 aliphatic carbocycles. The standard InChI is InChI=1S/C20H42N4O10/c21-15(2-1-3-19(22)31)4-24(23)11-20(12-32-16(5-25)6-26,13-33-17(7-27)8-28)14-34-18(9-29)10-30/h4,16-18,25-30H,1-3,5-14,21,23H2,(H2,22,31)/b15-4-. The number of aliphatic hydroxyl groups excluding tert-OH is 6. The normalized spacial score (nSPS) is 12.8. The van der Waals surface area contributed by atoms with Crippen LogP contribution in [0.15, 0.2) is 11.9 Å². The predicted molar refractivity (Wildman–Crippen MR) is 120 cm³/mol. The van der Waals surface area contributed by atoms with Gasteiger partial charge in [0.05, 0.1) is 64.9 Å². The Bertz CT molecular complexity index is 517. The number of ether oxygens (including phenoxy) is 3. The summed E-state index contributed by atoms with van der Waals surface area (Å²) in [4.78, 5) is 10.9. The molecule has 0 radical (unpaired) electrons. The van der Waals surface area contributed by atoms with E-state index in [9.17, 15) is 35.4 Å². The van der Waals surface area contributed by atoms with E-state index < -0.39 is 69.3 Å². The average Bonchev–Trinajstić information content (AvgIpc) is 2.80. The van der Waals surface area contributed by atoms with Crippen LogP contribution >= 0.6 is 0 Å². The zero-order chi connectivity index (χ0) is 26.0. The fraction of sp³-hybridized carbons (Fsp3) is 0.850. The summed E-state index contributed by atoms with van der Waals surface area (Å²) < 4.78 is 16.8. The highest BCUT2D eigenvalue weighted by Crippen LogP contribution is 2.24. The summed E-state index contributed by atoms with van der Waals surface area (Å²) in [6, 6.07) is 0. The SMILES string of the molecule is NC(=O)CCC/C(N)=C/N(N)CC(COC(CO)CO)(COC(CO)CO)COC(CO)CO. The third-order valence-corrected chi connectivity index (χ3v) is 4.84. The number of nitrogens with two attached hydrogens (primary N) is 3. The lowest BCUT2D eigenvalue weighted by Gasteiger charge is -2.38. The van der Waals surface area contributed by atoms with Gasteiger partial charge >= 0.3 is 0 Å². The molecular formula is C20H42N4O10. The first-order valence-electron chi connectivity index (χ1n) is 10.9. The van der Waals surface area contributed by atoms with Gasteiger partial charge in [0.15, 0.2) is 0 Å². The second kappa shape index (κ2) is 18.7. The molecule has 0 saturated heterocycles. The zero-order valence-corrected chi connectivity index (χ0v) is 19.5. The topological polar surface area (TPSA) is 247 Å². The van der Waals surface area contributed by atoms with E-state index >= 15 is 0 Å². The van der Waals surface area contributed by atoms with Gasteiger partial charge in [0, 0.05) is 24.9 Å². The minimum atomic E-state index is -1.12. The van der Waals surface area contributed by atoms with Gasteiger partial charge in [0.2, 0.25) is 5.91 Å². The van der Waals surface area contributed by atoms with Crippen LogP contribution in [0.4, 0.5) is 0 Å². The monoisotopic (exact) mass is 498 g/mol. The molecule has 0 aromatic heterocycles. The van der Waals surface area contributed by atoms with Gasteiger partial charge in [0.1, 0.15) is 18.3 Å². The number of allylic oxidation sites excluding steroid dienone is 1. The maximum Gasteiger partial charge on any atom is 0.217 e. The molecular weight excluding hydrogens is 456 g/mol. The highest BCUT2D eigenvalue weighted by Gasteiger charge is 2.36. The Kier molecular flexibility index (Phi) is 17.8. The van der Waals surface area contributed by atoms with Crippen molar-refractivity contribution in [1.29, 1.82) is 0 Å². The number of hydrogen-bond acceptors (Lipinski definition) is 13. The van der Waals surface area contributed by atoms with E-state index in [1.165, 1.54) is 11.2 Å². The van der Waals surface area contributed by atoms with Crippen molar-refractivity contribution in [2.45, 2.75) is 37.6 Å². The molecule has 0 fully saturated rings. The van der Waals surface area contributed by atoms with Gasteiger partial charge < -0.3 is 61.3 Å². The summed E-state index contributed by atoms with van der Waals surface area (Å²) in [6.07, 6.45) is -0.317. The smallest absolute Gasteiger partial charge is 0.217 e. The van der Waals surface area contributed by atoms with E-state index in [0.717, 1.165) is 0 Å². The van der Waals surface area contributed by atoms with Crippen LogP contribution < -0.4 is 17.3 Å². The lowest BCUT2D eigenvalue weighted by molar-refractivity contribution is -0.145. The number of rotatable bonds is 22. The van der Waals surface area contributed by atoms with Crippen LogP contribution in [0.3, 0.4) is 0 Å². The summed E-state index contributed by atoms with van der Waals surface area (Å²) in [5, 5.41) is 57.4. The van der Waals surface area contributed by atoms with E-state index in [-0.39, 0.29) is 32.8 Å². The number of carbonyl (C=O) groups is 1. The van der Waals surface area contributed by atoms with Crippen molar-refractivity contribution in [3.05, 3.63) is 11.9 Å². The molecule has 34 heavy (non-hydrogen) atoms. The van der Waals surface area contributed by atoms with Crippen LogP contribution in [0.2, 0.25) is 0 Å². The number of nitrogens with zero attached hydrogens (tertiary/aromatic N) is 1. The summed E-state index contributed by atoms with van der Waals surface area (Å²) in [7, 11) is 0. The predicted octanol–water partition coefficient (Wildman–Crippen LogP) is -4.29. The van der Waals surface area contributed by atoms with E-state index in [0.29, 0.717) is 18.5 Å². The van der Waals surface area contributed by atoms with Crippen LogP contribution in [-0.4, -0.2) is 126 Å². The minimum Gasteiger partial charge on any atom is -0.401 e. The lowest BCUT2D eigenvalue weighted by atomic mass is 9.90. The Labute approximate surface area is 199 Å². The van der Waals surface area contributed by atoms with Crippen molar-refractivity contribution in [3.8, 4) is 0 Å². The van der Waals surface area contributed by atoms with E-state index in [2.05, 4.69) is 0 Å². The molecule has 0 aliphatic heterocycles. The molecule has 0 aliphatic rings. The number of primary amides is 1. The van der Waals surface area contributed by atoms with Gasteiger partial charge in [-0.2, -0.15) is 0 Å². The molecule has 0 atom stereocenters. The van der Waals surface area contributed by atoms with Gasteiger partial charge in [-0.3, -0.25) is 4.79 Å². The van der Waals surface area contributed by atoms with Gasteiger partial charge in [-0.05, 0) is 12.8 Å². The van der Waals surface area contributed by atoms with Crippen molar-refractivity contribution >= 4 is 5.91 Å². The zero-order valence-electron chi connectivity index (χ0n) is 19.5. The molecule has 14 heteroatoms. The van der Waals surface area contributed by atoms with E-state index in [4.69, 9.17) is 31.5 Å². The van der Waals surface area contributed by atoms with Crippen LogP contribution in [0.5, 0.6) is 0 Å². The van der Waals surface area contributed by atoms with Crippen molar-refractivity contribution in [3.63, 3.8) is 0 Å². The Morgan fingerprint density at radius 3 is 1.47 bits per heavy atom. The third kappa shape index (κ3) is 14.0. The van der Waals surface area contributed by atoms with Crippen molar-refractivity contribution in [2.75, 3.05) is 66.0 Å². The molecule has 14 nitrogen and oxygen atoms in total. The van der Waals surface area contributed by atoms with Gasteiger partial charge in [-0.15, -0.1) is 0 Å². The fourth-order valence-electron chi connectivity index (χ4n) is 2.81.